The average molecular weight is 296 g/mol. The highest BCUT2D eigenvalue weighted by atomic mass is 32.2. The van der Waals surface area contributed by atoms with Crippen LogP contribution in [0.15, 0.2) is 29.2 Å². The van der Waals surface area contributed by atoms with Gasteiger partial charge in [0.15, 0.2) is 5.82 Å². The molecule has 1 aromatic heterocycles. The number of nitrogens with one attached hydrogen (secondary N) is 2. The van der Waals surface area contributed by atoms with Crippen LogP contribution in [-0.2, 0) is 10.0 Å². The summed E-state index contributed by atoms with van der Waals surface area (Å²) >= 11 is 0. The first-order chi connectivity index (χ1) is 9.29. The molecule has 0 unspecified atom stereocenters. The molecule has 0 bridgehead atoms. The van der Waals surface area contributed by atoms with E-state index in [9.17, 15) is 13.5 Å². The quantitative estimate of drug-likeness (QED) is 0.504. The fourth-order valence-electron chi connectivity index (χ4n) is 1.58. The van der Waals surface area contributed by atoms with Crippen LogP contribution in [0.2, 0.25) is 0 Å². The van der Waals surface area contributed by atoms with Gasteiger partial charge in [-0.2, -0.15) is 5.10 Å². The zero-order valence-electron chi connectivity index (χ0n) is 11.1. The maximum Gasteiger partial charge on any atom is 0.263 e. The van der Waals surface area contributed by atoms with Crippen molar-refractivity contribution in [2.75, 3.05) is 10.5 Å². The molecule has 0 saturated heterocycles. The molecule has 0 aliphatic heterocycles. The third-order valence-electron chi connectivity index (χ3n) is 2.77. The van der Waals surface area contributed by atoms with Crippen LogP contribution in [0.25, 0.3) is 0 Å². The van der Waals surface area contributed by atoms with E-state index in [0.717, 1.165) is 5.69 Å². The van der Waals surface area contributed by atoms with E-state index in [4.69, 9.17) is 5.73 Å². The summed E-state index contributed by atoms with van der Waals surface area (Å²) in [5.74, 6) is 0.260. The Morgan fingerprint density at radius 1 is 1.35 bits per heavy atom. The zero-order chi connectivity index (χ0) is 14.9. The minimum atomic E-state index is -3.79. The first-order valence-corrected chi connectivity index (χ1v) is 7.44. The van der Waals surface area contributed by atoms with E-state index in [1.165, 1.54) is 18.2 Å². The molecule has 8 heteroatoms. The van der Waals surface area contributed by atoms with Gasteiger partial charge in [0.05, 0.1) is 10.6 Å². The lowest BCUT2D eigenvalue weighted by atomic mass is 10.1. The second-order valence-electron chi connectivity index (χ2n) is 4.69. The fraction of sp³-hybridized carbons (Fsp3) is 0.250. The van der Waals surface area contributed by atoms with Gasteiger partial charge in [0.1, 0.15) is 5.75 Å². The van der Waals surface area contributed by atoms with Crippen LogP contribution in [0, 0.1) is 0 Å². The highest BCUT2D eigenvalue weighted by molar-refractivity contribution is 7.92. The van der Waals surface area contributed by atoms with Gasteiger partial charge in [-0.15, -0.1) is 0 Å². The van der Waals surface area contributed by atoms with Crippen LogP contribution < -0.4 is 10.5 Å². The molecule has 2 aromatic rings. The van der Waals surface area contributed by atoms with Crippen molar-refractivity contribution in [3.05, 3.63) is 30.0 Å². The molecule has 1 heterocycles. The standard InChI is InChI=1S/C12H16N4O3S/c1-7(2)10-6-12(15-14-10)16-20(18,19)8-3-4-11(17)9(13)5-8/h3-7,17H,13H2,1-2H3,(H2,14,15,16). The van der Waals surface area contributed by atoms with Crippen molar-refractivity contribution in [1.82, 2.24) is 10.2 Å². The van der Waals surface area contributed by atoms with Crippen molar-refractivity contribution in [1.29, 1.82) is 0 Å². The molecule has 0 aliphatic carbocycles. The Kier molecular flexibility index (Phi) is 3.58. The minimum Gasteiger partial charge on any atom is -0.506 e. The van der Waals surface area contributed by atoms with Crippen molar-refractivity contribution in [3.8, 4) is 5.75 Å². The van der Waals surface area contributed by atoms with Gasteiger partial charge in [0, 0.05) is 11.8 Å². The molecule has 108 valence electrons. The summed E-state index contributed by atoms with van der Waals surface area (Å²) in [5.41, 5.74) is 6.32. The van der Waals surface area contributed by atoms with Crippen molar-refractivity contribution in [3.63, 3.8) is 0 Å². The van der Waals surface area contributed by atoms with E-state index < -0.39 is 10.0 Å². The Morgan fingerprint density at radius 3 is 2.60 bits per heavy atom. The maximum atomic E-state index is 12.1. The third kappa shape index (κ3) is 2.85. The second-order valence-corrected chi connectivity index (χ2v) is 6.37. The number of sulfonamides is 1. The molecular weight excluding hydrogens is 280 g/mol. The van der Waals surface area contributed by atoms with Gasteiger partial charge in [0.25, 0.3) is 10.0 Å². The number of aromatic amines is 1. The van der Waals surface area contributed by atoms with E-state index in [1.54, 1.807) is 6.07 Å². The number of hydrogen-bond donors (Lipinski definition) is 4. The highest BCUT2D eigenvalue weighted by Gasteiger charge is 2.17. The first-order valence-electron chi connectivity index (χ1n) is 5.96. The van der Waals surface area contributed by atoms with Crippen LogP contribution in [0.1, 0.15) is 25.5 Å². The monoisotopic (exact) mass is 296 g/mol. The molecule has 0 saturated carbocycles. The lowest BCUT2D eigenvalue weighted by Gasteiger charge is -2.06. The van der Waals surface area contributed by atoms with E-state index >= 15 is 0 Å². The summed E-state index contributed by atoms with van der Waals surface area (Å²) < 4.78 is 26.6. The number of nitrogen functional groups attached to an aromatic ring is 1. The number of aromatic nitrogens is 2. The lowest BCUT2D eigenvalue weighted by molar-refractivity contribution is 0.477. The topological polar surface area (TPSA) is 121 Å². The average Bonchev–Trinajstić information content (AvgIpc) is 2.80. The highest BCUT2D eigenvalue weighted by Crippen LogP contribution is 2.24. The summed E-state index contributed by atoms with van der Waals surface area (Å²) in [6.45, 7) is 3.93. The van der Waals surface area contributed by atoms with Gasteiger partial charge >= 0.3 is 0 Å². The number of rotatable bonds is 4. The number of phenols is 1. The van der Waals surface area contributed by atoms with E-state index in [1.807, 2.05) is 13.8 Å². The number of H-pyrrole nitrogens is 1. The Hall–Kier alpha value is -2.22. The number of aromatic hydroxyl groups is 1. The number of nitrogens with two attached hydrogens (primary N) is 1. The summed E-state index contributed by atoms with van der Waals surface area (Å²) in [7, 11) is -3.79. The molecule has 1 aromatic carbocycles. The van der Waals surface area contributed by atoms with Crippen molar-refractivity contribution >= 4 is 21.5 Å². The SMILES string of the molecule is CC(C)c1cc(NS(=O)(=O)c2ccc(O)c(N)c2)n[nH]1. The Labute approximate surface area is 116 Å². The predicted molar refractivity (Wildman–Crippen MR) is 76.0 cm³/mol. The third-order valence-corrected chi connectivity index (χ3v) is 4.12. The van der Waals surface area contributed by atoms with Crippen LogP contribution in [0.3, 0.4) is 0 Å². The van der Waals surface area contributed by atoms with Crippen molar-refractivity contribution in [2.24, 2.45) is 0 Å². The van der Waals surface area contributed by atoms with Gasteiger partial charge in [-0.3, -0.25) is 9.82 Å². The van der Waals surface area contributed by atoms with Crippen LogP contribution in [0.4, 0.5) is 11.5 Å². The Bertz CT molecular complexity index is 722. The number of anilines is 2. The summed E-state index contributed by atoms with van der Waals surface area (Å²) in [6.07, 6.45) is 0. The van der Waals surface area contributed by atoms with Gasteiger partial charge < -0.3 is 10.8 Å². The Morgan fingerprint density at radius 2 is 2.05 bits per heavy atom. The molecule has 0 radical (unpaired) electrons. The van der Waals surface area contributed by atoms with Crippen molar-refractivity contribution < 1.29 is 13.5 Å². The van der Waals surface area contributed by atoms with Crippen LogP contribution in [-0.4, -0.2) is 23.7 Å². The van der Waals surface area contributed by atoms with E-state index in [0.29, 0.717) is 0 Å². The van der Waals surface area contributed by atoms with E-state index in [2.05, 4.69) is 14.9 Å². The predicted octanol–water partition coefficient (Wildman–Crippen LogP) is 1.62. The molecule has 0 spiro atoms. The molecule has 0 atom stereocenters. The molecule has 0 fully saturated rings. The van der Waals surface area contributed by atoms with E-state index in [-0.39, 0.29) is 28.1 Å². The summed E-state index contributed by atoms with van der Waals surface area (Å²) in [4.78, 5) is -0.0399. The molecule has 7 nitrogen and oxygen atoms in total. The lowest BCUT2D eigenvalue weighted by Crippen LogP contribution is -2.13. The fourth-order valence-corrected chi connectivity index (χ4v) is 2.61. The van der Waals surface area contributed by atoms with Gasteiger partial charge in [-0.05, 0) is 24.1 Å². The molecule has 20 heavy (non-hydrogen) atoms. The number of hydrogen-bond acceptors (Lipinski definition) is 5. The molecule has 0 aliphatic rings. The van der Waals surface area contributed by atoms with Gasteiger partial charge in [-0.1, -0.05) is 13.8 Å². The normalized spacial score (nSPS) is 11.8. The molecule has 5 N–H and O–H groups in total. The second kappa shape index (κ2) is 5.04. The van der Waals surface area contributed by atoms with Crippen molar-refractivity contribution in [2.45, 2.75) is 24.7 Å². The number of phenolic OH excluding ortho intramolecular Hbond substituents is 1. The maximum absolute atomic E-state index is 12.1. The van der Waals surface area contributed by atoms with Gasteiger partial charge in [0.2, 0.25) is 0 Å². The summed E-state index contributed by atoms with van der Waals surface area (Å²) in [6, 6.07) is 5.32. The van der Waals surface area contributed by atoms with Crippen LogP contribution >= 0.6 is 0 Å². The first kappa shape index (κ1) is 14.2. The summed E-state index contributed by atoms with van der Waals surface area (Å²) in [5, 5.41) is 16.0. The zero-order valence-corrected chi connectivity index (χ0v) is 11.9. The molecular formula is C12H16N4O3S. The molecule has 2 rings (SSSR count). The smallest absolute Gasteiger partial charge is 0.263 e. The number of nitrogens with zero attached hydrogens (tertiary/aromatic N) is 1. The largest absolute Gasteiger partial charge is 0.506 e. The van der Waals surface area contributed by atoms with Crippen LogP contribution in [0.5, 0.6) is 5.75 Å². The minimum absolute atomic E-state index is 0.00206. The Balaban J connectivity index is 2.28. The molecule has 0 amide bonds. The van der Waals surface area contributed by atoms with Gasteiger partial charge in [-0.25, -0.2) is 8.42 Å². The number of benzene rings is 1.